The minimum atomic E-state index is -0.829. The largest absolute Gasteiger partial charge is 0.493 e. The first-order valence-electron chi connectivity index (χ1n) is 8.54. The van der Waals surface area contributed by atoms with E-state index in [9.17, 15) is 9.59 Å². The summed E-state index contributed by atoms with van der Waals surface area (Å²) in [6.07, 6.45) is 2.27. The molecule has 0 radical (unpaired) electrons. The van der Waals surface area contributed by atoms with Crippen molar-refractivity contribution in [1.82, 2.24) is 15.1 Å². The Kier molecular flexibility index (Phi) is 6.75. The summed E-state index contributed by atoms with van der Waals surface area (Å²) in [6.45, 7) is 5.18. The maximum absolute atomic E-state index is 12.5. The molecule has 0 aliphatic heterocycles. The number of hydrogen-bond acceptors (Lipinski definition) is 6. The van der Waals surface area contributed by atoms with E-state index in [0.29, 0.717) is 17.1 Å². The van der Waals surface area contributed by atoms with Crippen molar-refractivity contribution in [3.05, 3.63) is 42.2 Å². The highest BCUT2D eigenvalue weighted by Gasteiger charge is 2.18. The molecule has 0 aliphatic rings. The number of aromatic nitrogens is 2. The van der Waals surface area contributed by atoms with Crippen LogP contribution in [0.5, 0.6) is 11.5 Å². The molecular formula is C19H24N4O5. The highest BCUT2D eigenvalue weighted by atomic mass is 16.6. The summed E-state index contributed by atoms with van der Waals surface area (Å²) >= 11 is 0. The molecule has 0 fully saturated rings. The first-order chi connectivity index (χ1) is 13.2. The highest BCUT2D eigenvalue weighted by molar-refractivity contribution is 6.02. The number of nitrogens with zero attached hydrogens (tertiary/aromatic N) is 3. The molecule has 28 heavy (non-hydrogen) atoms. The summed E-state index contributed by atoms with van der Waals surface area (Å²) in [5.41, 5.74) is -0.00772. The fourth-order valence-electron chi connectivity index (χ4n) is 2.25. The van der Waals surface area contributed by atoms with Gasteiger partial charge in [0.15, 0.2) is 11.5 Å². The van der Waals surface area contributed by atoms with Crippen LogP contribution in [0.4, 0.5) is 4.79 Å². The molecule has 1 aromatic heterocycles. The zero-order chi connectivity index (χ0) is 20.7. The van der Waals surface area contributed by atoms with Crippen molar-refractivity contribution in [2.75, 3.05) is 14.2 Å². The Labute approximate surface area is 163 Å². The molecule has 0 atom stereocenters. The average molecular weight is 388 g/mol. The molecule has 0 unspecified atom stereocenters. The lowest BCUT2D eigenvalue weighted by molar-refractivity contribution is -0.119. The van der Waals surface area contributed by atoms with E-state index in [1.54, 1.807) is 51.2 Å². The van der Waals surface area contributed by atoms with E-state index in [0.717, 1.165) is 0 Å². The first-order valence-corrected chi connectivity index (χ1v) is 8.54. The third-order valence-corrected chi connectivity index (χ3v) is 3.38. The van der Waals surface area contributed by atoms with Crippen LogP contribution < -0.4 is 14.8 Å². The zero-order valence-electron chi connectivity index (χ0n) is 16.6. The number of carbonyl (C=O) groups is 2. The molecule has 1 N–H and O–H groups in total. The summed E-state index contributed by atoms with van der Waals surface area (Å²) < 4.78 is 16.9. The Morgan fingerprint density at radius 2 is 1.89 bits per heavy atom. The Hall–Kier alpha value is -3.36. The molecule has 0 aliphatic carbocycles. The number of carbonyl (C=O) groups excluding carboxylic acids is 2. The Morgan fingerprint density at radius 3 is 2.46 bits per heavy atom. The maximum Gasteiger partial charge on any atom is 0.437 e. The maximum atomic E-state index is 12.5. The Balaban J connectivity index is 2.16. The second kappa shape index (κ2) is 9.03. The molecule has 0 saturated heterocycles. The summed E-state index contributed by atoms with van der Waals surface area (Å²) in [6, 6.07) is 6.81. The van der Waals surface area contributed by atoms with Gasteiger partial charge in [0.05, 0.1) is 20.6 Å². The van der Waals surface area contributed by atoms with Crippen LogP contribution in [0.3, 0.4) is 0 Å². The predicted octanol–water partition coefficient (Wildman–Crippen LogP) is 2.40. The zero-order valence-corrected chi connectivity index (χ0v) is 16.6. The topological polar surface area (TPSA) is 104 Å². The third-order valence-electron chi connectivity index (χ3n) is 3.38. The molecule has 9 heteroatoms. The fourth-order valence-corrected chi connectivity index (χ4v) is 2.25. The van der Waals surface area contributed by atoms with Gasteiger partial charge in [-0.05, 0) is 44.5 Å². The average Bonchev–Trinajstić information content (AvgIpc) is 3.14. The molecule has 2 aromatic rings. The van der Waals surface area contributed by atoms with Crippen LogP contribution in [0.15, 0.2) is 41.7 Å². The number of ether oxygens (including phenoxy) is 3. The van der Waals surface area contributed by atoms with Gasteiger partial charge in [-0.1, -0.05) is 6.07 Å². The van der Waals surface area contributed by atoms with E-state index in [1.165, 1.54) is 25.1 Å². The van der Waals surface area contributed by atoms with E-state index in [1.807, 2.05) is 0 Å². The monoisotopic (exact) mass is 388 g/mol. The highest BCUT2D eigenvalue weighted by Crippen LogP contribution is 2.27. The van der Waals surface area contributed by atoms with Crippen molar-refractivity contribution in [3.63, 3.8) is 0 Å². The summed E-state index contributed by atoms with van der Waals surface area (Å²) in [5, 5.41) is 6.59. The summed E-state index contributed by atoms with van der Waals surface area (Å²) in [5.74, 6) is 0.646. The van der Waals surface area contributed by atoms with Crippen LogP contribution in [-0.2, 0) is 16.0 Å². The quantitative estimate of drug-likeness (QED) is 0.637. The van der Waals surface area contributed by atoms with E-state index in [4.69, 9.17) is 14.2 Å². The van der Waals surface area contributed by atoms with Crippen molar-refractivity contribution in [1.29, 1.82) is 0 Å². The van der Waals surface area contributed by atoms with Gasteiger partial charge in [0.25, 0.3) is 0 Å². The number of aliphatic imine (C=N–C) groups is 1. The molecule has 2 amide bonds. The number of hydrogen-bond donors (Lipinski definition) is 1. The van der Waals surface area contributed by atoms with Gasteiger partial charge in [0.2, 0.25) is 11.9 Å². The lowest BCUT2D eigenvalue weighted by Gasteiger charge is -2.18. The van der Waals surface area contributed by atoms with Crippen LogP contribution >= 0.6 is 0 Å². The summed E-state index contributed by atoms with van der Waals surface area (Å²) in [7, 11) is 3.05. The van der Waals surface area contributed by atoms with Crippen molar-refractivity contribution in [2.45, 2.75) is 32.8 Å². The Bertz CT molecular complexity index is 854. The lowest BCUT2D eigenvalue weighted by atomic mass is 10.1. The van der Waals surface area contributed by atoms with Crippen LogP contribution in [-0.4, -0.2) is 47.6 Å². The number of benzene rings is 1. The van der Waals surface area contributed by atoms with Crippen molar-refractivity contribution < 1.29 is 23.8 Å². The lowest BCUT2D eigenvalue weighted by Crippen LogP contribution is -2.38. The molecule has 1 heterocycles. The molecule has 0 saturated carbocycles. The smallest absolute Gasteiger partial charge is 0.437 e. The molecule has 0 spiro atoms. The minimum Gasteiger partial charge on any atom is -0.493 e. The van der Waals surface area contributed by atoms with Crippen LogP contribution in [0.25, 0.3) is 0 Å². The molecular weight excluding hydrogens is 364 g/mol. The van der Waals surface area contributed by atoms with Crippen LogP contribution in [0, 0.1) is 0 Å². The van der Waals surface area contributed by atoms with E-state index in [2.05, 4.69) is 15.4 Å². The van der Waals surface area contributed by atoms with Crippen LogP contribution in [0.1, 0.15) is 26.3 Å². The van der Waals surface area contributed by atoms with Gasteiger partial charge >= 0.3 is 6.09 Å². The minimum absolute atomic E-state index is 0.0367. The van der Waals surface area contributed by atoms with E-state index >= 15 is 0 Å². The van der Waals surface area contributed by atoms with Gasteiger partial charge in [0, 0.05) is 12.4 Å². The number of nitrogens with one attached hydrogen (secondary N) is 1. The van der Waals surface area contributed by atoms with Gasteiger partial charge < -0.3 is 14.2 Å². The van der Waals surface area contributed by atoms with Crippen molar-refractivity contribution in [3.8, 4) is 11.5 Å². The van der Waals surface area contributed by atoms with Crippen LogP contribution in [0.2, 0.25) is 0 Å². The van der Waals surface area contributed by atoms with Gasteiger partial charge in [0.1, 0.15) is 5.60 Å². The van der Waals surface area contributed by atoms with Crippen molar-refractivity contribution >= 4 is 18.0 Å². The third kappa shape index (κ3) is 6.11. The van der Waals surface area contributed by atoms with Gasteiger partial charge in [-0.15, -0.1) is 4.99 Å². The number of rotatable bonds is 4. The molecule has 0 bridgehead atoms. The molecule has 1 aromatic carbocycles. The van der Waals surface area contributed by atoms with Crippen molar-refractivity contribution in [2.24, 2.45) is 4.99 Å². The molecule has 2 rings (SSSR count). The molecule has 9 nitrogen and oxygen atoms in total. The SMILES string of the molecule is COc1ccc(CC(=O)NC(=NC(=O)OC(C)(C)C)n2cccn2)cc1OC. The van der Waals surface area contributed by atoms with Gasteiger partial charge in [-0.25, -0.2) is 9.48 Å². The van der Waals surface area contributed by atoms with Gasteiger partial charge in [-0.2, -0.15) is 5.10 Å². The number of methoxy groups -OCH3 is 2. The van der Waals surface area contributed by atoms with E-state index in [-0.39, 0.29) is 18.3 Å². The van der Waals surface area contributed by atoms with E-state index < -0.39 is 11.7 Å². The second-order valence-electron chi connectivity index (χ2n) is 6.78. The first kappa shape index (κ1) is 20.9. The molecule has 150 valence electrons. The summed E-state index contributed by atoms with van der Waals surface area (Å²) in [4.78, 5) is 28.3. The predicted molar refractivity (Wildman–Crippen MR) is 103 cm³/mol. The fraction of sp³-hybridized carbons (Fsp3) is 0.368. The van der Waals surface area contributed by atoms with Gasteiger partial charge in [-0.3, -0.25) is 10.1 Å². The Morgan fingerprint density at radius 1 is 1.18 bits per heavy atom. The normalized spacial score (nSPS) is 11.7. The number of amides is 2. The standard InChI is InChI=1S/C19H24N4O5/c1-19(2,3)28-18(25)22-17(23-10-6-9-20-23)21-16(24)12-13-7-8-14(26-4)15(11-13)27-5/h6-11H,12H2,1-5H3,(H,21,22,24,25). The second-order valence-corrected chi connectivity index (χ2v) is 6.78.